The number of hydrogen-bond donors (Lipinski definition) is 1. The number of ether oxygens (including phenoxy) is 1. The summed E-state index contributed by atoms with van der Waals surface area (Å²) in [5.74, 6) is 0. The van der Waals surface area contributed by atoms with Crippen molar-refractivity contribution in [3.05, 3.63) is 29.3 Å². The Bertz CT molecular complexity index is 382. The van der Waals surface area contributed by atoms with E-state index in [1.54, 1.807) is 0 Å². The second-order valence-corrected chi connectivity index (χ2v) is 3.85. The maximum absolute atomic E-state index is 8.83. The van der Waals surface area contributed by atoms with Gasteiger partial charge in [0.25, 0.3) is 0 Å². The lowest BCUT2D eigenvalue weighted by atomic mass is 10.1. The quantitative estimate of drug-likeness (QED) is 0.826. The molecule has 0 aromatic heterocycles. The van der Waals surface area contributed by atoms with Crippen molar-refractivity contribution < 1.29 is 4.74 Å². The summed E-state index contributed by atoms with van der Waals surface area (Å²) < 4.78 is 5.34. The molecule has 0 spiro atoms. The van der Waals surface area contributed by atoms with Crippen molar-refractivity contribution >= 4 is 5.69 Å². The Labute approximate surface area is 97.0 Å². The molecule has 1 rings (SSSR count). The molecule has 16 heavy (non-hydrogen) atoms. The van der Waals surface area contributed by atoms with Crippen LogP contribution in [0, 0.1) is 18.3 Å². The first-order valence-corrected chi connectivity index (χ1v) is 5.52. The Morgan fingerprint density at radius 3 is 2.88 bits per heavy atom. The van der Waals surface area contributed by atoms with Gasteiger partial charge in [0.05, 0.1) is 18.2 Å². The normalized spacial score (nSPS) is 11.9. The van der Waals surface area contributed by atoms with Crippen molar-refractivity contribution in [2.45, 2.75) is 26.8 Å². The zero-order chi connectivity index (χ0) is 12.0. The highest BCUT2D eigenvalue weighted by Gasteiger charge is 2.05. The first kappa shape index (κ1) is 12.5. The lowest BCUT2D eigenvalue weighted by Crippen LogP contribution is -2.22. The Morgan fingerprint density at radius 1 is 1.50 bits per heavy atom. The highest BCUT2D eigenvalue weighted by molar-refractivity contribution is 5.55. The molecule has 1 aromatic carbocycles. The molecule has 0 radical (unpaired) electrons. The van der Waals surface area contributed by atoms with E-state index in [2.05, 4.69) is 18.3 Å². The Balaban J connectivity index is 2.69. The number of rotatable bonds is 5. The Hall–Kier alpha value is -1.53. The summed E-state index contributed by atoms with van der Waals surface area (Å²) in [6, 6.07) is 8.04. The standard InChI is InChI=1S/C13H18N2O/c1-4-16-9-11(3)15-13-7-12(8-14)6-5-10(13)2/h5-7,11,15H,4,9H2,1-3H3. The topological polar surface area (TPSA) is 45.0 Å². The van der Waals surface area contributed by atoms with E-state index in [0.717, 1.165) is 17.9 Å². The van der Waals surface area contributed by atoms with Crippen LogP contribution in [0.4, 0.5) is 5.69 Å². The summed E-state index contributed by atoms with van der Waals surface area (Å²) in [6.07, 6.45) is 0. The van der Waals surface area contributed by atoms with E-state index in [0.29, 0.717) is 12.2 Å². The summed E-state index contributed by atoms with van der Waals surface area (Å²) in [5.41, 5.74) is 2.82. The van der Waals surface area contributed by atoms with Gasteiger partial charge in [0.1, 0.15) is 0 Å². The minimum Gasteiger partial charge on any atom is -0.380 e. The molecule has 0 saturated heterocycles. The molecule has 3 heteroatoms. The van der Waals surface area contributed by atoms with Crippen molar-refractivity contribution in [1.82, 2.24) is 0 Å². The van der Waals surface area contributed by atoms with Gasteiger partial charge in [-0.05, 0) is 38.5 Å². The molecule has 0 fully saturated rings. The largest absolute Gasteiger partial charge is 0.380 e. The van der Waals surface area contributed by atoms with Gasteiger partial charge in [0.2, 0.25) is 0 Å². The van der Waals surface area contributed by atoms with Crippen LogP contribution in [0.2, 0.25) is 0 Å². The Kier molecular flexibility index (Phi) is 4.81. The van der Waals surface area contributed by atoms with Crippen LogP contribution in [0.5, 0.6) is 0 Å². The van der Waals surface area contributed by atoms with Crippen molar-refractivity contribution in [2.75, 3.05) is 18.5 Å². The molecule has 0 amide bonds. The fraction of sp³-hybridized carbons (Fsp3) is 0.462. The molecular weight excluding hydrogens is 200 g/mol. The highest BCUT2D eigenvalue weighted by atomic mass is 16.5. The molecule has 0 saturated carbocycles. The maximum atomic E-state index is 8.83. The molecule has 3 nitrogen and oxygen atoms in total. The van der Waals surface area contributed by atoms with Gasteiger partial charge in [0, 0.05) is 18.3 Å². The van der Waals surface area contributed by atoms with Crippen molar-refractivity contribution in [1.29, 1.82) is 5.26 Å². The second kappa shape index (κ2) is 6.14. The van der Waals surface area contributed by atoms with Gasteiger partial charge in [-0.1, -0.05) is 6.07 Å². The molecule has 0 bridgehead atoms. The fourth-order valence-electron chi connectivity index (χ4n) is 1.45. The summed E-state index contributed by atoms with van der Waals surface area (Å²) in [6.45, 7) is 7.47. The van der Waals surface area contributed by atoms with E-state index in [1.165, 1.54) is 0 Å². The zero-order valence-electron chi connectivity index (χ0n) is 10.1. The van der Waals surface area contributed by atoms with Gasteiger partial charge in [-0.2, -0.15) is 5.26 Å². The second-order valence-electron chi connectivity index (χ2n) is 3.85. The lowest BCUT2D eigenvalue weighted by molar-refractivity contribution is 0.141. The van der Waals surface area contributed by atoms with Crippen LogP contribution < -0.4 is 5.32 Å². The minimum atomic E-state index is 0.243. The summed E-state index contributed by atoms with van der Waals surface area (Å²) in [7, 11) is 0. The number of hydrogen-bond acceptors (Lipinski definition) is 3. The molecule has 86 valence electrons. The van der Waals surface area contributed by atoms with Crippen LogP contribution in [0.15, 0.2) is 18.2 Å². The Morgan fingerprint density at radius 2 is 2.25 bits per heavy atom. The van der Waals surface area contributed by atoms with Crippen molar-refractivity contribution in [2.24, 2.45) is 0 Å². The average Bonchev–Trinajstić information content (AvgIpc) is 2.29. The van der Waals surface area contributed by atoms with Gasteiger partial charge in [0.15, 0.2) is 0 Å². The number of nitrogens with one attached hydrogen (secondary N) is 1. The number of nitriles is 1. The molecule has 1 unspecified atom stereocenters. The van der Waals surface area contributed by atoms with Gasteiger partial charge in [-0.15, -0.1) is 0 Å². The number of nitrogens with zero attached hydrogens (tertiary/aromatic N) is 1. The zero-order valence-corrected chi connectivity index (χ0v) is 10.1. The summed E-state index contributed by atoms with van der Waals surface area (Å²) >= 11 is 0. The average molecular weight is 218 g/mol. The summed E-state index contributed by atoms with van der Waals surface area (Å²) in [4.78, 5) is 0. The molecule has 1 aromatic rings. The van der Waals surface area contributed by atoms with E-state index in [-0.39, 0.29) is 6.04 Å². The van der Waals surface area contributed by atoms with E-state index in [9.17, 15) is 0 Å². The molecule has 0 aliphatic heterocycles. The van der Waals surface area contributed by atoms with Crippen LogP contribution in [-0.2, 0) is 4.74 Å². The van der Waals surface area contributed by atoms with E-state index >= 15 is 0 Å². The first-order chi connectivity index (χ1) is 7.67. The van der Waals surface area contributed by atoms with Crippen LogP contribution in [0.1, 0.15) is 25.0 Å². The van der Waals surface area contributed by atoms with Crippen LogP contribution in [-0.4, -0.2) is 19.3 Å². The fourth-order valence-corrected chi connectivity index (χ4v) is 1.45. The minimum absolute atomic E-state index is 0.243. The molecular formula is C13H18N2O. The van der Waals surface area contributed by atoms with E-state index in [4.69, 9.17) is 10.00 Å². The molecule has 1 atom stereocenters. The third-order valence-corrected chi connectivity index (χ3v) is 2.34. The molecule has 0 heterocycles. The molecule has 0 aliphatic rings. The lowest BCUT2D eigenvalue weighted by Gasteiger charge is -2.16. The number of anilines is 1. The maximum Gasteiger partial charge on any atom is 0.0992 e. The van der Waals surface area contributed by atoms with E-state index < -0.39 is 0 Å². The predicted molar refractivity (Wildman–Crippen MR) is 65.5 cm³/mol. The van der Waals surface area contributed by atoms with Crippen LogP contribution in [0.25, 0.3) is 0 Å². The third kappa shape index (κ3) is 3.56. The van der Waals surface area contributed by atoms with Crippen LogP contribution in [0.3, 0.4) is 0 Å². The van der Waals surface area contributed by atoms with Crippen molar-refractivity contribution in [3.63, 3.8) is 0 Å². The van der Waals surface area contributed by atoms with Gasteiger partial charge < -0.3 is 10.1 Å². The number of benzene rings is 1. The van der Waals surface area contributed by atoms with Crippen molar-refractivity contribution in [3.8, 4) is 6.07 Å². The first-order valence-electron chi connectivity index (χ1n) is 5.52. The van der Waals surface area contributed by atoms with Gasteiger partial charge >= 0.3 is 0 Å². The summed E-state index contributed by atoms with van der Waals surface area (Å²) in [5, 5.41) is 12.2. The van der Waals surface area contributed by atoms with E-state index in [1.807, 2.05) is 32.0 Å². The SMILES string of the molecule is CCOCC(C)Nc1cc(C#N)ccc1C. The monoisotopic (exact) mass is 218 g/mol. The van der Waals surface area contributed by atoms with Gasteiger partial charge in [-0.3, -0.25) is 0 Å². The molecule has 1 N–H and O–H groups in total. The predicted octanol–water partition coefficient (Wildman–Crippen LogP) is 2.70. The highest BCUT2D eigenvalue weighted by Crippen LogP contribution is 2.17. The third-order valence-electron chi connectivity index (χ3n) is 2.34. The van der Waals surface area contributed by atoms with Gasteiger partial charge in [-0.25, -0.2) is 0 Å². The number of aryl methyl sites for hydroxylation is 1. The molecule has 0 aliphatic carbocycles. The smallest absolute Gasteiger partial charge is 0.0992 e. The van der Waals surface area contributed by atoms with Crippen LogP contribution >= 0.6 is 0 Å².